The predicted molar refractivity (Wildman–Crippen MR) is 75.7 cm³/mol. The van der Waals surface area contributed by atoms with Gasteiger partial charge in [0.2, 0.25) is 5.91 Å². The zero-order chi connectivity index (χ0) is 16.0. The molecule has 1 amide bonds. The lowest BCUT2D eigenvalue weighted by Crippen LogP contribution is -2.54. The normalized spacial score (nSPS) is 11.0. The molecule has 0 atom stereocenters. The Morgan fingerprint density at radius 3 is 2.38 bits per heavy atom. The molecule has 1 rings (SSSR count). The Labute approximate surface area is 123 Å². The number of amides is 1. The first-order valence-electron chi connectivity index (χ1n) is 6.75. The number of ether oxygens (including phenoxy) is 1. The molecule has 116 valence electrons. The molecule has 0 spiro atoms. The molecule has 2 N–H and O–H groups in total. The summed E-state index contributed by atoms with van der Waals surface area (Å²) in [5.41, 5.74) is -0.820. The van der Waals surface area contributed by atoms with Crippen LogP contribution in [0.4, 0.5) is 4.39 Å². The van der Waals surface area contributed by atoms with Crippen LogP contribution in [0, 0.1) is 5.82 Å². The largest absolute Gasteiger partial charge is 0.494 e. The second-order valence-electron chi connectivity index (χ2n) is 4.79. The molecular weight excluding hydrogens is 277 g/mol. The Hall–Kier alpha value is -2.11. The van der Waals surface area contributed by atoms with Gasteiger partial charge in [0.1, 0.15) is 5.54 Å². The molecule has 0 fully saturated rings. The molecule has 0 saturated carbocycles. The van der Waals surface area contributed by atoms with Gasteiger partial charge in [-0.05, 0) is 30.5 Å². The minimum atomic E-state index is -1.28. The van der Waals surface area contributed by atoms with Crippen molar-refractivity contribution in [3.8, 4) is 5.75 Å². The zero-order valence-electron chi connectivity index (χ0n) is 12.4. The lowest BCUT2D eigenvalue weighted by Gasteiger charge is -2.28. The van der Waals surface area contributed by atoms with Gasteiger partial charge < -0.3 is 15.2 Å². The second kappa shape index (κ2) is 7.06. The van der Waals surface area contributed by atoms with Gasteiger partial charge in [-0.15, -0.1) is 0 Å². The first-order valence-corrected chi connectivity index (χ1v) is 6.75. The molecule has 6 heteroatoms. The molecule has 1 aromatic carbocycles. The quantitative estimate of drug-likeness (QED) is 0.808. The highest BCUT2D eigenvalue weighted by atomic mass is 19.1. The monoisotopic (exact) mass is 297 g/mol. The third-order valence-electron chi connectivity index (χ3n) is 3.58. The van der Waals surface area contributed by atoms with Crippen LogP contribution in [0.15, 0.2) is 18.2 Å². The summed E-state index contributed by atoms with van der Waals surface area (Å²) >= 11 is 0. The molecule has 0 aliphatic heterocycles. The lowest BCUT2D eigenvalue weighted by molar-refractivity contribution is -0.148. The van der Waals surface area contributed by atoms with Crippen LogP contribution in [0.1, 0.15) is 32.3 Å². The molecule has 0 aliphatic carbocycles. The molecule has 21 heavy (non-hydrogen) atoms. The number of hydrogen-bond acceptors (Lipinski definition) is 3. The van der Waals surface area contributed by atoms with Crippen molar-refractivity contribution < 1.29 is 23.8 Å². The van der Waals surface area contributed by atoms with Gasteiger partial charge in [0.25, 0.3) is 0 Å². The lowest BCUT2D eigenvalue weighted by atomic mass is 9.92. The van der Waals surface area contributed by atoms with E-state index < -0.39 is 23.2 Å². The maximum Gasteiger partial charge on any atom is 0.329 e. The minimum Gasteiger partial charge on any atom is -0.494 e. The Morgan fingerprint density at radius 2 is 1.95 bits per heavy atom. The van der Waals surface area contributed by atoms with Gasteiger partial charge >= 0.3 is 5.97 Å². The van der Waals surface area contributed by atoms with Crippen LogP contribution in [0.3, 0.4) is 0 Å². The summed E-state index contributed by atoms with van der Waals surface area (Å²) < 4.78 is 18.3. The number of carbonyl (C=O) groups is 2. The molecule has 1 aromatic rings. The summed E-state index contributed by atoms with van der Waals surface area (Å²) in [7, 11) is 1.36. The van der Waals surface area contributed by atoms with Crippen molar-refractivity contribution in [2.75, 3.05) is 7.11 Å². The smallest absolute Gasteiger partial charge is 0.329 e. The van der Waals surface area contributed by atoms with Gasteiger partial charge in [0, 0.05) is 0 Å². The number of carboxylic acid groups (broad SMARTS) is 1. The first kappa shape index (κ1) is 16.9. The summed E-state index contributed by atoms with van der Waals surface area (Å²) in [5, 5.41) is 11.8. The summed E-state index contributed by atoms with van der Waals surface area (Å²) in [6.07, 6.45) is 0.471. The fourth-order valence-electron chi connectivity index (χ4n) is 2.10. The van der Waals surface area contributed by atoms with Crippen LogP contribution < -0.4 is 10.1 Å². The third-order valence-corrected chi connectivity index (χ3v) is 3.58. The number of aliphatic carboxylic acids is 1. The van der Waals surface area contributed by atoms with Crippen LogP contribution in [0.25, 0.3) is 0 Å². The van der Waals surface area contributed by atoms with Crippen molar-refractivity contribution in [3.05, 3.63) is 29.6 Å². The number of hydrogen-bond donors (Lipinski definition) is 2. The molecule has 0 radical (unpaired) electrons. The molecule has 0 unspecified atom stereocenters. The van der Waals surface area contributed by atoms with Crippen molar-refractivity contribution in [3.63, 3.8) is 0 Å². The molecule has 5 nitrogen and oxygen atoms in total. The number of carbonyl (C=O) groups excluding carboxylic acids is 1. The van der Waals surface area contributed by atoms with Gasteiger partial charge in [-0.3, -0.25) is 4.79 Å². The topological polar surface area (TPSA) is 75.6 Å². The second-order valence-corrected chi connectivity index (χ2v) is 4.79. The fraction of sp³-hybridized carbons (Fsp3) is 0.467. The van der Waals surface area contributed by atoms with Crippen LogP contribution in [0.2, 0.25) is 0 Å². The fourth-order valence-corrected chi connectivity index (χ4v) is 2.10. The number of methoxy groups -OCH3 is 1. The van der Waals surface area contributed by atoms with E-state index in [1.165, 1.54) is 19.2 Å². The van der Waals surface area contributed by atoms with Crippen LogP contribution in [-0.2, 0) is 16.0 Å². The summed E-state index contributed by atoms with van der Waals surface area (Å²) in [5.74, 6) is -1.98. The van der Waals surface area contributed by atoms with Gasteiger partial charge in [-0.25, -0.2) is 9.18 Å². The minimum absolute atomic E-state index is 0.0874. The molecule has 0 heterocycles. The maximum absolute atomic E-state index is 13.5. The van der Waals surface area contributed by atoms with Crippen molar-refractivity contribution in [1.29, 1.82) is 0 Å². The average Bonchev–Trinajstić information content (AvgIpc) is 2.44. The van der Waals surface area contributed by atoms with Gasteiger partial charge in [-0.1, -0.05) is 19.9 Å². The van der Waals surface area contributed by atoms with E-state index in [9.17, 15) is 19.1 Å². The highest BCUT2D eigenvalue weighted by Crippen LogP contribution is 2.19. The van der Waals surface area contributed by atoms with E-state index in [4.69, 9.17) is 4.74 Å². The van der Waals surface area contributed by atoms with Crippen molar-refractivity contribution in [1.82, 2.24) is 5.32 Å². The molecule has 0 bridgehead atoms. The number of benzene rings is 1. The summed E-state index contributed by atoms with van der Waals surface area (Å²) in [6.45, 7) is 3.40. The van der Waals surface area contributed by atoms with Crippen molar-refractivity contribution in [2.45, 2.75) is 38.6 Å². The SMILES string of the molecule is CCC(CC)(NC(=O)Cc1ccc(OC)c(F)c1)C(=O)O. The maximum atomic E-state index is 13.5. The Bertz CT molecular complexity index is 526. The standard InChI is InChI=1S/C15H20FNO4/c1-4-15(5-2,14(19)20)17-13(18)9-10-6-7-12(21-3)11(16)8-10/h6-8H,4-5,9H2,1-3H3,(H,17,18)(H,19,20). The van der Waals surface area contributed by atoms with Crippen molar-refractivity contribution in [2.24, 2.45) is 0 Å². The zero-order valence-corrected chi connectivity index (χ0v) is 12.4. The molecule has 0 aliphatic rings. The third kappa shape index (κ3) is 3.93. The number of halogens is 1. The van der Waals surface area contributed by atoms with Gasteiger partial charge in [0.05, 0.1) is 13.5 Å². The molecule has 0 saturated heterocycles. The van der Waals surface area contributed by atoms with Crippen LogP contribution in [0.5, 0.6) is 5.75 Å². The summed E-state index contributed by atoms with van der Waals surface area (Å²) in [4.78, 5) is 23.3. The number of rotatable bonds is 7. The van der Waals surface area contributed by atoms with Crippen LogP contribution in [-0.4, -0.2) is 29.6 Å². The highest BCUT2D eigenvalue weighted by molar-refractivity contribution is 5.87. The van der Waals surface area contributed by atoms with E-state index in [0.29, 0.717) is 5.56 Å². The molecule has 0 aromatic heterocycles. The van der Waals surface area contributed by atoms with Gasteiger partial charge in [0.15, 0.2) is 11.6 Å². The van der Waals surface area contributed by atoms with E-state index in [1.54, 1.807) is 19.9 Å². The van der Waals surface area contributed by atoms with Crippen LogP contribution >= 0.6 is 0 Å². The van der Waals surface area contributed by atoms with E-state index in [1.807, 2.05) is 0 Å². The van der Waals surface area contributed by atoms with Crippen molar-refractivity contribution >= 4 is 11.9 Å². The van der Waals surface area contributed by atoms with E-state index in [2.05, 4.69) is 5.32 Å². The Morgan fingerprint density at radius 1 is 1.33 bits per heavy atom. The highest BCUT2D eigenvalue weighted by Gasteiger charge is 2.36. The first-order chi connectivity index (χ1) is 9.88. The molecular formula is C15H20FNO4. The average molecular weight is 297 g/mol. The summed E-state index contributed by atoms with van der Waals surface area (Å²) in [6, 6.07) is 4.21. The number of carboxylic acids is 1. The predicted octanol–water partition coefficient (Wildman–Crippen LogP) is 2.14. The van der Waals surface area contributed by atoms with E-state index >= 15 is 0 Å². The van der Waals surface area contributed by atoms with Gasteiger partial charge in [-0.2, -0.15) is 0 Å². The van der Waals surface area contributed by atoms with E-state index in [-0.39, 0.29) is 25.0 Å². The number of nitrogens with one attached hydrogen (secondary N) is 1. The Balaban J connectivity index is 2.81. The van der Waals surface area contributed by atoms with E-state index in [0.717, 1.165) is 0 Å². The Kier molecular flexibility index (Phi) is 5.69.